The second-order valence-corrected chi connectivity index (χ2v) is 7.22. The minimum Gasteiger partial charge on any atom is -0.481 e. The van der Waals surface area contributed by atoms with Crippen LogP contribution in [0.25, 0.3) is 0 Å². The molecule has 6 N–H and O–H groups in total. The zero-order chi connectivity index (χ0) is 19.6. The molecular formula is C16H33BN2O6. The zero-order valence-corrected chi connectivity index (χ0v) is 15.7. The van der Waals surface area contributed by atoms with Crippen LogP contribution >= 0.6 is 0 Å². The summed E-state index contributed by atoms with van der Waals surface area (Å²) in [6, 6.07) is -0.688. The molecule has 0 saturated carbocycles. The Labute approximate surface area is 150 Å². The largest absolute Gasteiger partial charge is 0.481 e. The van der Waals surface area contributed by atoms with E-state index in [4.69, 9.17) is 15.6 Å². The van der Waals surface area contributed by atoms with Gasteiger partial charge in [-0.25, -0.2) is 0 Å². The van der Waals surface area contributed by atoms with Crippen molar-refractivity contribution >= 4 is 19.1 Å². The molecule has 3 unspecified atom stereocenters. The van der Waals surface area contributed by atoms with Crippen LogP contribution in [-0.2, 0) is 14.3 Å². The highest BCUT2D eigenvalue weighted by Crippen LogP contribution is 2.19. The smallest absolute Gasteiger partial charge is 0.471 e. The zero-order valence-electron chi connectivity index (χ0n) is 15.7. The van der Waals surface area contributed by atoms with Crippen molar-refractivity contribution < 1.29 is 29.5 Å². The highest BCUT2D eigenvalue weighted by molar-refractivity contribution is 6.43. The van der Waals surface area contributed by atoms with Gasteiger partial charge in [0.1, 0.15) is 6.04 Å². The third-order valence-corrected chi connectivity index (χ3v) is 4.19. The normalized spacial score (nSPS) is 16.2. The molecule has 25 heavy (non-hydrogen) atoms. The molecule has 0 aromatic rings. The molecule has 9 heteroatoms. The van der Waals surface area contributed by atoms with Gasteiger partial charge in [0.2, 0.25) is 0 Å². The van der Waals surface area contributed by atoms with E-state index in [1.54, 1.807) is 6.92 Å². The number of rotatable bonds is 13. The number of carbonyl (C=O) groups is 2. The SMILES string of the molecule is COC(=O)C(CC(C)C)NC(B(O)O)C(C)(N)CCCCCC(=O)O. The molecule has 0 spiro atoms. The average Bonchev–Trinajstić information content (AvgIpc) is 2.48. The third-order valence-electron chi connectivity index (χ3n) is 4.19. The standard InChI is InChI=1S/C16H33BN2O6/c1-11(2)10-12(14(22)25-4)19-15(17(23)24)16(3,18)9-7-5-6-8-13(20)21/h11-12,15,19,23-24H,5-10,18H2,1-4H3,(H,20,21). The van der Waals surface area contributed by atoms with Crippen LogP contribution in [0.2, 0.25) is 0 Å². The highest BCUT2D eigenvalue weighted by atomic mass is 16.5. The van der Waals surface area contributed by atoms with Crippen LogP contribution in [0.4, 0.5) is 0 Å². The van der Waals surface area contributed by atoms with Crippen LogP contribution in [0, 0.1) is 5.92 Å². The Kier molecular flexibility index (Phi) is 10.9. The fourth-order valence-electron chi connectivity index (χ4n) is 2.79. The first-order valence-electron chi connectivity index (χ1n) is 8.72. The van der Waals surface area contributed by atoms with E-state index in [1.807, 2.05) is 13.8 Å². The van der Waals surface area contributed by atoms with Crippen molar-refractivity contribution in [2.24, 2.45) is 11.7 Å². The fourth-order valence-corrected chi connectivity index (χ4v) is 2.79. The molecule has 0 aromatic heterocycles. The number of nitrogens with one attached hydrogen (secondary N) is 1. The Morgan fingerprint density at radius 1 is 1.24 bits per heavy atom. The molecule has 0 bridgehead atoms. The van der Waals surface area contributed by atoms with Crippen LogP contribution in [0.15, 0.2) is 0 Å². The molecule has 0 rings (SSSR count). The second-order valence-electron chi connectivity index (χ2n) is 7.22. The van der Waals surface area contributed by atoms with E-state index in [9.17, 15) is 19.6 Å². The second kappa shape index (κ2) is 11.5. The van der Waals surface area contributed by atoms with E-state index in [-0.39, 0.29) is 12.3 Å². The summed E-state index contributed by atoms with van der Waals surface area (Å²) >= 11 is 0. The Balaban J connectivity index is 4.85. The number of carboxylic acids is 1. The van der Waals surface area contributed by atoms with Gasteiger partial charge in [0.05, 0.1) is 13.1 Å². The van der Waals surface area contributed by atoms with Gasteiger partial charge in [-0.05, 0) is 32.1 Å². The summed E-state index contributed by atoms with van der Waals surface area (Å²) in [7, 11) is -0.459. The van der Waals surface area contributed by atoms with Crippen molar-refractivity contribution in [3.63, 3.8) is 0 Å². The minimum absolute atomic E-state index is 0.102. The van der Waals surface area contributed by atoms with E-state index in [2.05, 4.69) is 5.32 Å². The lowest BCUT2D eigenvalue weighted by molar-refractivity contribution is -0.143. The van der Waals surface area contributed by atoms with Crippen LogP contribution in [0.5, 0.6) is 0 Å². The van der Waals surface area contributed by atoms with E-state index < -0.39 is 36.6 Å². The summed E-state index contributed by atoms with van der Waals surface area (Å²) in [5, 5.41) is 31.1. The van der Waals surface area contributed by atoms with Crippen molar-refractivity contribution in [1.82, 2.24) is 5.32 Å². The Hall–Kier alpha value is -1.16. The Morgan fingerprint density at radius 3 is 2.28 bits per heavy atom. The lowest BCUT2D eigenvalue weighted by atomic mass is 9.66. The maximum atomic E-state index is 12.0. The molecule has 0 saturated heterocycles. The number of aliphatic carboxylic acids is 1. The van der Waals surface area contributed by atoms with Crippen LogP contribution < -0.4 is 11.1 Å². The quantitative estimate of drug-likeness (QED) is 0.179. The molecule has 0 heterocycles. The number of unbranched alkanes of at least 4 members (excludes halogenated alkanes) is 2. The van der Waals surface area contributed by atoms with Crippen molar-refractivity contribution in [2.75, 3.05) is 7.11 Å². The van der Waals surface area contributed by atoms with Gasteiger partial charge < -0.3 is 30.9 Å². The molecule has 0 aliphatic rings. The third kappa shape index (κ3) is 9.79. The van der Waals surface area contributed by atoms with Crippen LogP contribution in [0.3, 0.4) is 0 Å². The number of esters is 1. The topological polar surface area (TPSA) is 142 Å². The van der Waals surface area contributed by atoms with Gasteiger partial charge in [-0.1, -0.05) is 26.7 Å². The monoisotopic (exact) mass is 360 g/mol. The number of carboxylic acid groups (broad SMARTS) is 1. The maximum Gasteiger partial charge on any atom is 0.471 e. The lowest BCUT2D eigenvalue weighted by Crippen LogP contribution is -2.65. The van der Waals surface area contributed by atoms with Crippen molar-refractivity contribution in [2.45, 2.75) is 76.8 Å². The predicted molar refractivity (Wildman–Crippen MR) is 95.7 cm³/mol. The van der Waals surface area contributed by atoms with Crippen LogP contribution in [-0.4, -0.2) is 58.8 Å². The molecular weight excluding hydrogens is 327 g/mol. The maximum absolute atomic E-state index is 12.0. The number of carbonyl (C=O) groups excluding carboxylic acids is 1. The number of hydrogen-bond donors (Lipinski definition) is 5. The minimum atomic E-state index is -1.74. The Bertz CT molecular complexity index is 417. The van der Waals surface area contributed by atoms with E-state index in [1.165, 1.54) is 7.11 Å². The van der Waals surface area contributed by atoms with Crippen molar-refractivity contribution in [3.05, 3.63) is 0 Å². The van der Waals surface area contributed by atoms with E-state index >= 15 is 0 Å². The van der Waals surface area contributed by atoms with Gasteiger partial charge in [0.25, 0.3) is 0 Å². The molecule has 0 fully saturated rings. The summed E-state index contributed by atoms with van der Waals surface area (Å²) in [4.78, 5) is 22.5. The fraction of sp³-hybridized carbons (Fsp3) is 0.875. The van der Waals surface area contributed by atoms with Gasteiger partial charge >= 0.3 is 19.1 Å². The average molecular weight is 360 g/mol. The van der Waals surface area contributed by atoms with Crippen LogP contribution in [0.1, 0.15) is 59.3 Å². The molecule has 0 aliphatic carbocycles. The lowest BCUT2D eigenvalue weighted by Gasteiger charge is -2.37. The summed E-state index contributed by atoms with van der Waals surface area (Å²) in [6.45, 7) is 5.59. The molecule has 146 valence electrons. The summed E-state index contributed by atoms with van der Waals surface area (Å²) in [5.41, 5.74) is 5.29. The number of hydrogen-bond acceptors (Lipinski definition) is 7. The van der Waals surface area contributed by atoms with Gasteiger partial charge in [0, 0.05) is 12.0 Å². The first-order chi connectivity index (χ1) is 11.5. The number of ether oxygens (including phenoxy) is 1. The molecule has 0 aromatic carbocycles. The van der Waals surface area contributed by atoms with Gasteiger partial charge in [-0.3, -0.25) is 9.59 Å². The first-order valence-corrected chi connectivity index (χ1v) is 8.72. The summed E-state index contributed by atoms with van der Waals surface area (Å²) in [6.07, 6.45) is 2.91. The first kappa shape index (κ1) is 23.8. The summed E-state index contributed by atoms with van der Waals surface area (Å²) < 4.78 is 4.78. The van der Waals surface area contributed by atoms with E-state index in [0.717, 1.165) is 0 Å². The molecule has 0 aliphatic heterocycles. The molecule has 3 atom stereocenters. The highest BCUT2D eigenvalue weighted by Gasteiger charge is 2.40. The Morgan fingerprint density at radius 2 is 1.84 bits per heavy atom. The van der Waals surface area contributed by atoms with Gasteiger partial charge in [0.15, 0.2) is 0 Å². The summed E-state index contributed by atoms with van der Waals surface area (Å²) in [5.74, 6) is -2.03. The number of methoxy groups -OCH3 is 1. The number of nitrogens with two attached hydrogens (primary N) is 1. The molecule has 8 nitrogen and oxygen atoms in total. The van der Waals surface area contributed by atoms with Crippen molar-refractivity contribution in [1.29, 1.82) is 0 Å². The molecule has 0 amide bonds. The van der Waals surface area contributed by atoms with Gasteiger partial charge in [-0.15, -0.1) is 0 Å². The van der Waals surface area contributed by atoms with Gasteiger partial charge in [-0.2, -0.15) is 0 Å². The molecule has 0 radical (unpaired) electrons. The predicted octanol–water partition coefficient (Wildman–Crippen LogP) is 0.297. The van der Waals surface area contributed by atoms with Crippen molar-refractivity contribution in [3.8, 4) is 0 Å². The van der Waals surface area contributed by atoms with E-state index in [0.29, 0.717) is 32.1 Å².